The third-order valence-electron chi connectivity index (χ3n) is 6.01. The molecule has 0 radical (unpaired) electrons. The summed E-state index contributed by atoms with van der Waals surface area (Å²) in [5.74, 6) is 1.06. The summed E-state index contributed by atoms with van der Waals surface area (Å²) in [6.45, 7) is 0. The Hall–Kier alpha value is -3.72. The zero-order chi connectivity index (χ0) is 23.1. The Morgan fingerprint density at radius 3 is 2.36 bits per heavy atom. The molecule has 0 amide bonds. The van der Waals surface area contributed by atoms with Crippen molar-refractivity contribution >= 4 is 29.0 Å². The van der Waals surface area contributed by atoms with Crippen LogP contribution in [-0.4, -0.2) is 35.4 Å². The molecule has 3 N–H and O–H groups in total. The Balaban J connectivity index is 1.62. The summed E-state index contributed by atoms with van der Waals surface area (Å²) in [7, 11) is 2.90. The van der Waals surface area contributed by atoms with E-state index >= 15 is 0 Å². The Labute approximate surface area is 194 Å². The van der Waals surface area contributed by atoms with E-state index in [0.717, 1.165) is 11.3 Å². The Morgan fingerprint density at radius 1 is 1.03 bits per heavy atom. The van der Waals surface area contributed by atoms with Gasteiger partial charge in [-0.2, -0.15) is 0 Å². The Kier molecular flexibility index (Phi) is 5.33. The molecule has 1 aliphatic heterocycles. The minimum atomic E-state index is -0.595. The lowest BCUT2D eigenvalue weighted by Gasteiger charge is -2.30. The van der Waals surface area contributed by atoms with Gasteiger partial charge in [0.25, 0.3) is 0 Å². The van der Waals surface area contributed by atoms with Gasteiger partial charge in [0.05, 0.1) is 20.3 Å². The first-order chi connectivity index (χ1) is 16.0. The van der Waals surface area contributed by atoms with E-state index in [4.69, 9.17) is 25.7 Å². The maximum absolute atomic E-state index is 13.5. The number of rotatable bonds is 4. The molecule has 5 rings (SSSR count). The molecular weight excluding hydrogens is 448 g/mol. The van der Waals surface area contributed by atoms with Crippen LogP contribution in [0.4, 0.5) is 11.6 Å². The molecule has 2 heterocycles. The first-order valence-corrected chi connectivity index (χ1v) is 10.7. The number of nitrogens with zero attached hydrogens (tertiary/aromatic N) is 2. The monoisotopic (exact) mass is 468 g/mol. The largest absolute Gasteiger partial charge is 0.502 e. The number of ether oxygens (including phenoxy) is 2. The normalized spacial score (nSPS) is 19.7. The van der Waals surface area contributed by atoms with E-state index in [1.54, 1.807) is 12.1 Å². The average Bonchev–Trinajstić information content (AvgIpc) is 3.18. The predicted molar refractivity (Wildman–Crippen MR) is 121 cm³/mol. The fraction of sp³-hybridized carbons (Fsp3) is 0.261. The van der Waals surface area contributed by atoms with Crippen LogP contribution in [0.2, 0.25) is 5.02 Å². The highest BCUT2D eigenvalue weighted by Crippen LogP contribution is 2.46. The number of phenolic OH excluding ortho intramolecular Hbond substituents is 1. The highest BCUT2D eigenvalue weighted by atomic mass is 35.5. The topological polar surface area (TPSA) is 119 Å². The van der Waals surface area contributed by atoms with Crippen molar-refractivity contribution in [3.8, 4) is 17.2 Å². The Bertz CT molecular complexity index is 1230. The summed E-state index contributed by atoms with van der Waals surface area (Å²) in [6, 6.07) is 10.3. The van der Waals surface area contributed by atoms with Gasteiger partial charge in [0.1, 0.15) is 0 Å². The number of aromatic nitrogens is 2. The summed E-state index contributed by atoms with van der Waals surface area (Å²) < 4.78 is 15.6. The molecule has 0 saturated carbocycles. The van der Waals surface area contributed by atoms with Gasteiger partial charge >= 0.3 is 0 Å². The number of carbonyl (C=O) groups is 1. The van der Waals surface area contributed by atoms with E-state index in [9.17, 15) is 9.90 Å². The number of ketones is 1. The van der Waals surface area contributed by atoms with Crippen molar-refractivity contribution in [2.45, 2.75) is 24.8 Å². The molecule has 0 bridgehead atoms. The number of nitrogens with one attached hydrogen (secondary N) is 2. The number of methoxy groups -OCH3 is 2. The van der Waals surface area contributed by atoms with Gasteiger partial charge in [0, 0.05) is 22.7 Å². The number of anilines is 2. The summed E-state index contributed by atoms with van der Waals surface area (Å²) in [6.07, 6.45) is 0.918. The van der Waals surface area contributed by atoms with E-state index < -0.39 is 6.04 Å². The number of aromatic hydroxyl groups is 1. The van der Waals surface area contributed by atoms with Crippen molar-refractivity contribution in [2.24, 2.45) is 0 Å². The van der Waals surface area contributed by atoms with Crippen molar-refractivity contribution in [3.05, 3.63) is 63.8 Å². The fourth-order valence-electron chi connectivity index (χ4n) is 4.40. The van der Waals surface area contributed by atoms with Crippen LogP contribution in [0.3, 0.4) is 0 Å². The summed E-state index contributed by atoms with van der Waals surface area (Å²) in [5.41, 5.74) is 2.98. The molecule has 1 aromatic heterocycles. The number of hydrogen-bond acceptors (Lipinski definition) is 9. The summed E-state index contributed by atoms with van der Waals surface area (Å²) in [4.78, 5) is 13.5. The molecule has 1 aliphatic carbocycles. The van der Waals surface area contributed by atoms with Gasteiger partial charge in [-0.05, 0) is 58.0 Å². The standard InChI is InChI=1S/C23H21ClN4O5/c1-31-17-9-13(10-18(32-2)21(17)30)20-19-15(25-22-23(26-20)28-33-27-22)7-12(8-16(19)29)11-3-5-14(24)6-4-11/h3-6,9-10,12,20,30H,7-8H2,1-2H3,(H,25,27)(H,26,28). The van der Waals surface area contributed by atoms with Crippen molar-refractivity contribution in [2.75, 3.05) is 24.9 Å². The van der Waals surface area contributed by atoms with Crippen molar-refractivity contribution in [1.29, 1.82) is 0 Å². The average molecular weight is 469 g/mol. The van der Waals surface area contributed by atoms with Gasteiger partial charge in [-0.15, -0.1) is 0 Å². The molecule has 0 fully saturated rings. The number of hydrogen-bond donors (Lipinski definition) is 3. The number of phenols is 1. The molecule has 3 aromatic rings. The van der Waals surface area contributed by atoms with Crippen molar-refractivity contribution in [1.82, 2.24) is 10.3 Å². The van der Waals surface area contributed by atoms with Crippen LogP contribution in [0.15, 0.2) is 52.3 Å². The molecule has 2 unspecified atom stereocenters. The maximum atomic E-state index is 13.5. The highest BCUT2D eigenvalue weighted by Gasteiger charge is 2.38. The maximum Gasteiger partial charge on any atom is 0.219 e. The van der Waals surface area contributed by atoms with Crippen LogP contribution in [0.5, 0.6) is 17.2 Å². The minimum Gasteiger partial charge on any atom is -0.502 e. The fourth-order valence-corrected chi connectivity index (χ4v) is 4.53. The third-order valence-corrected chi connectivity index (χ3v) is 6.26. The molecule has 170 valence electrons. The van der Waals surface area contributed by atoms with E-state index in [2.05, 4.69) is 20.9 Å². The SMILES string of the molecule is COc1cc(C2Nc3nonc3NC3=C2C(=O)CC(c2ccc(Cl)cc2)C3)cc(OC)c1O. The number of fused-ring (bicyclic) bond motifs is 1. The zero-order valence-electron chi connectivity index (χ0n) is 17.9. The molecule has 33 heavy (non-hydrogen) atoms. The molecule has 9 nitrogen and oxygen atoms in total. The molecular formula is C23H21ClN4O5. The van der Waals surface area contributed by atoms with E-state index in [-0.39, 0.29) is 28.9 Å². The molecule has 2 aliphatic rings. The van der Waals surface area contributed by atoms with Crippen LogP contribution >= 0.6 is 11.6 Å². The van der Waals surface area contributed by atoms with Gasteiger partial charge in [-0.1, -0.05) is 23.7 Å². The van der Waals surface area contributed by atoms with Crippen LogP contribution in [0.1, 0.15) is 35.9 Å². The molecule has 2 atom stereocenters. The predicted octanol–water partition coefficient (Wildman–Crippen LogP) is 4.43. The van der Waals surface area contributed by atoms with Gasteiger partial charge in [0.15, 0.2) is 17.3 Å². The summed E-state index contributed by atoms with van der Waals surface area (Å²) in [5, 5.41) is 25.4. The van der Waals surface area contributed by atoms with Crippen LogP contribution in [0, 0.1) is 0 Å². The van der Waals surface area contributed by atoms with Crippen LogP contribution in [-0.2, 0) is 4.79 Å². The first-order valence-electron chi connectivity index (χ1n) is 10.3. The third kappa shape index (κ3) is 3.74. The van der Waals surface area contributed by atoms with E-state index in [0.29, 0.717) is 40.6 Å². The van der Waals surface area contributed by atoms with Gasteiger partial charge < -0.3 is 25.2 Å². The number of benzene rings is 2. The molecule has 0 spiro atoms. The lowest BCUT2D eigenvalue weighted by molar-refractivity contribution is -0.116. The summed E-state index contributed by atoms with van der Waals surface area (Å²) >= 11 is 6.04. The minimum absolute atomic E-state index is 0.0192. The van der Waals surface area contributed by atoms with E-state index in [1.807, 2.05) is 24.3 Å². The second kappa shape index (κ2) is 8.32. The first kappa shape index (κ1) is 21.1. The van der Waals surface area contributed by atoms with Gasteiger partial charge in [-0.3, -0.25) is 4.79 Å². The van der Waals surface area contributed by atoms with Gasteiger partial charge in [-0.25, -0.2) is 4.63 Å². The molecule has 0 saturated heterocycles. The second-order valence-electron chi connectivity index (χ2n) is 7.91. The highest BCUT2D eigenvalue weighted by molar-refractivity contribution is 6.30. The molecule has 10 heteroatoms. The number of allylic oxidation sites excluding steroid dienone is 1. The van der Waals surface area contributed by atoms with Crippen molar-refractivity contribution in [3.63, 3.8) is 0 Å². The Morgan fingerprint density at radius 2 is 1.70 bits per heavy atom. The van der Waals surface area contributed by atoms with E-state index in [1.165, 1.54) is 14.2 Å². The van der Waals surface area contributed by atoms with Crippen molar-refractivity contribution < 1.29 is 24.0 Å². The number of halogens is 1. The van der Waals surface area contributed by atoms with Gasteiger partial charge in [0.2, 0.25) is 17.4 Å². The lowest BCUT2D eigenvalue weighted by atomic mass is 9.78. The lowest BCUT2D eigenvalue weighted by Crippen LogP contribution is -2.27. The smallest absolute Gasteiger partial charge is 0.219 e. The number of carbonyl (C=O) groups excluding carboxylic acids is 1. The zero-order valence-corrected chi connectivity index (χ0v) is 18.6. The second-order valence-corrected chi connectivity index (χ2v) is 8.35. The number of Topliss-reactive ketones (excluding diaryl/α,β-unsaturated/α-hetero) is 1. The quantitative estimate of drug-likeness (QED) is 0.511. The van der Waals surface area contributed by atoms with Crippen LogP contribution in [0.25, 0.3) is 0 Å². The van der Waals surface area contributed by atoms with Crippen LogP contribution < -0.4 is 20.1 Å². The molecule has 2 aromatic carbocycles.